The summed E-state index contributed by atoms with van der Waals surface area (Å²) in [6.07, 6.45) is 3.56. The molecule has 0 saturated carbocycles. The van der Waals surface area contributed by atoms with Crippen molar-refractivity contribution in [3.05, 3.63) is 29.2 Å². The SMILES string of the molecule is Cc1cn2cc(-c3nc(C(=O)O)cs3)oc2n1. The van der Waals surface area contributed by atoms with Crippen molar-refractivity contribution in [2.75, 3.05) is 0 Å². The number of oxazole rings is 1. The molecule has 0 unspecified atom stereocenters. The Morgan fingerprint density at radius 2 is 2.29 bits per heavy atom. The number of carboxylic acid groups (broad SMARTS) is 1. The quantitative estimate of drug-likeness (QED) is 0.751. The molecule has 0 aromatic carbocycles. The van der Waals surface area contributed by atoms with Gasteiger partial charge in [-0.1, -0.05) is 0 Å². The van der Waals surface area contributed by atoms with Crippen LogP contribution in [0.2, 0.25) is 0 Å². The summed E-state index contributed by atoms with van der Waals surface area (Å²) in [6.45, 7) is 1.87. The van der Waals surface area contributed by atoms with E-state index in [2.05, 4.69) is 9.97 Å². The van der Waals surface area contributed by atoms with Crippen LogP contribution in [0, 0.1) is 6.92 Å². The molecule has 0 saturated heterocycles. The largest absolute Gasteiger partial charge is 0.476 e. The van der Waals surface area contributed by atoms with Crippen LogP contribution in [0.4, 0.5) is 0 Å². The van der Waals surface area contributed by atoms with Gasteiger partial charge in [0.05, 0.1) is 11.9 Å². The molecule has 3 heterocycles. The average Bonchev–Trinajstić information content (AvgIpc) is 2.87. The first-order valence-corrected chi connectivity index (χ1v) is 5.66. The van der Waals surface area contributed by atoms with Crippen LogP contribution in [0.5, 0.6) is 0 Å². The Balaban J connectivity index is 2.07. The van der Waals surface area contributed by atoms with E-state index < -0.39 is 5.97 Å². The number of fused-ring (bicyclic) bond motifs is 1. The smallest absolute Gasteiger partial charge is 0.355 e. The number of imidazole rings is 1. The standard InChI is InChI=1S/C10H7N3O3S/c1-5-2-13-3-7(16-10(13)11-5)8-12-6(4-17-8)9(14)15/h2-4H,1H3,(H,14,15). The lowest BCUT2D eigenvalue weighted by Gasteiger charge is -1.86. The Kier molecular flexibility index (Phi) is 2.02. The summed E-state index contributed by atoms with van der Waals surface area (Å²) in [5, 5.41) is 10.8. The Morgan fingerprint density at radius 1 is 1.47 bits per heavy atom. The first-order chi connectivity index (χ1) is 8.13. The summed E-state index contributed by atoms with van der Waals surface area (Å²) in [5.74, 6) is -0.0470. The molecular weight excluding hydrogens is 242 g/mol. The molecule has 0 amide bonds. The normalized spacial score (nSPS) is 11.1. The van der Waals surface area contributed by atoms with Crippen LogP contribution < -0.4 is 0 Å². The number of aromatic carboxylic acids is 1. The van der Waals surface area contributed by atoms with Gasteiger partial charge in [-0.3, -0.25) is 4.40 Å². The van der Waals surface area contributed by atoms with Crippen molar-refractivity contribution in [3.63, 3.8) is 0 Å². The van der Waals surface area contributed by atoms with Crippen LogP contribution in [0.15, 0.2) is 22.2 Å². The van der Waals surface area contributed by atoms with Gasteiger partial charge in [-0.05, 0) is 6.92 Å². The number of aromatic nitrogens is 3. The van der Waals surface area contributed by atoms with Crippen molar-refractivity contribution in [3.8, 4) is 10.8 Å². The summed E-state index contributed by atoms with van der Waals surface area (Å²) >= 11 is 1.23. The van der Waals surface area contributed by atoms with Gasteiger partial charge in [0, 0.05) is 11.6 Å². The summed E-state index contributed by atoms with van der Waals surface area (Å²) in [4.78, 5) is 18.8. The molecule has 1 N–H and O–H groups in total. The van der Waals surface area contributed by atoms with E-state index in [0.29, 0.717) is 16.6 Å². The zero-order chi connectivity index (χ0) is 12.0. The molecule has 3 aromatic heterocycles. The summed E-state index contributed by atoms with van der Waals surface area (Å²) in [7, 11) is 0. The molecular formula is C10H7N3O3S. The van der Waals surface area contributed by atoms with E-state index in [4.69, 9.17) is 9.52 Å². The van der Waals surface area contributed by atoms with Crippen LogP contribution >= 0.6 is 11.3 Å². The Hall–Kier alpha value is -2.15. The van der Waals surface area contributed by atoms with E-state index in [1.807, 2.05) is 13.1 Å². The second-order valence-electron chi connectivity index (χ2n) is 3.51. The number of nitrogens with zero attached hydrogens (tertiary/aromatic N) is 3. The Morgan fingerprint density at radius 3 is 2.94 bits per heavy atom. The third-order valence-corrected chi connectivity index (χ3v) is 3.07. The fourth-order valence-electron chi connectivity index (χ4n) is 1.50. The predicted molar refractivity (Wildman–Crippen MR) is 60.3 cm³/mol. The third kappa shape index (κ3) is 1.60. The molecule has 17 heavy (non-hydrogen) atoms. The van der Waals surface area contributed by atoms with Crippen molar-refractivity contribution >= 4 is 23.2 Å². The van der Waals surface area contributed by atoms with E-state index in [-0.39, 0.29) is 5.69 Å². The maximum atomic E-state index is 10.7. The zero-order valence-electron chi connectivity index (χ0n) is 8.75. The van der Waals surface area contributed by atoms with Gasteiger partial charge in [0.2, 0.25) is 0 Å². The van der Waals surface area contributed by atoms with E-state index in [1.54, 1.807) is 10.6 Å². The van der Waals surface area contributed by atoms with Gasteiger partial charge in [0.1, 0.15) is 0 Å². The van der Waals surface area contributed by atoms with Gasteiger partial charge >= 0.3 is 11.8 Å². The number of carbonyl (C=O) groups is 1. The summed E-state index contributed by atoms with van der Waals surface area (Å²) in [6, 6.07) is 0. The van der Waals surface area contributed by atoms with Gasteiger partial charge in [-0.2, -0.15) is 4.98 Å². The molecule has 0 aliphatic heterocycles. The third-order valence-electron chi connectivity index (χ3n) is 2.21. The minimum Gasteiger partial charge on any atom is -0.476 e. The monoisotopic (exact) mass is 249 g/mol. The highest BCUT2D eigenvalue weighted by molar-refractivity contribution is 7.13. The molecule has 3 aromatic rings. The predicted octanol–water partition coefficient (Wildman–Crippen LogP) is 2.06. The maximum Gasteiger partial charge on any atom is 0.355 e. The molecule has 0 atom stereocenters. The molecule has 0 aliphatic carbocycles. The van der Waals surface area contributed by atoms with Crippen LogP contribution in [-0.2, 0) is 0 Å². The van der Waals surface area contributed by atoms with Crippen LogP contribution in [0.1, 0.15) is 16.2 Å². The minimum atomic E-state index is -1.04. The Labute approximate surface area is 99.2 Å². The van der Waals surface area contributed by atoms with Gasteiger partial charge in [0.25, 0.3) is 0 Å². The minimum absolute atomic E-state index is 0.0234. The lowest BCUT2D eigenvalue weighted by molar-refractivity contribution is 0.0691. The van der Waals surface area contributed by atoms with Crippen molar-refractivity contribution in [1.82, 2.24) is 14.4 Å². The second-order valence-corrected chi connectivity index (χ2v) is 4.37. The number of aryl methyl sites for hydroxylation is 1. The number of hydrogen-bond donors (Lipinski definition) is 1. The van der Waals surface area contributed by atoms with E-state index in [1.165, 1.54) is 16.7 Å². The number of carboxylic acids is 1. The number of rotatable bonds is 2. The van der Waals surface area contributed by atoms with Gasteiger partial charge in [-0.25, -0.2) is 9.78 Å². The molecule has 3 rings (SSSR count). The molecule has 0 aliphatic rings. The summed E-state index contributed by atoms with van der Waals surface area (Å²) < 4.78 is 7.22. The number of hydrogen-bond acceptors (Lipinski definition) is 5. The summed E-state index contributed by atoms with van der Waals surface area (Å²) in [5.41, 5.74) is 0.885. The van der Waals surface area contributed by atoms with E-state index in [9.17, 15) is 4.79 Å². The fraction of sp³-hybridized carbons (Fsp3) is 0.100. The molecule has 6 nitrogen and oxygen atoms in total. The second kappa shape index (κ2) is 3.42. The Bertz CT molecular complexity index is 678. The molecule has 0 bridgehead atoms. The molecule has 86 valence electrons. The van der Waals surface area contributed by atoms with Crippen molar-refractivity contribution in [2.24, 2.45) is 0 Å². The lowest BCUT2D eigenvalue weighted by Crippen LogP contribution is -1.95. The van der Waals surface area contributed by atoms with Crippen LogP contribution in [-0.4, -0.2) is 25.4 Å². The molecule has 7 heteroatoms. The van der Waals surface area contributed by atoms with Crippen molar-refractivity contribution in [2.45, 2.75) is 6.92 Å². The highest BCUT2D eigenvalue weighted by Crippen LogP contribution is 2.26. The van der Waals surface area contributed by atoms with Gasteiger partial charge < -0.3 is 9.52 Å². The lowest BCUT2D eigenvalue weighted by atomic mass is 10.5. The molecule has 0 radical (unpaired) electrons. The maximum absolute atomic E-state index is 10.7. The first kappa shape index (κ1) is 10.0. The van der Waals surface area contributed by atoms with E-state index in [0.717, 1.165) is 5.69 Å². The van der Waals surface area contributed by atoms with E-state index >= 15 is 0 Å². The van der Waals surface area contributed by atoms with Crippen molar-refractivity contribution < 1.29 is 14.3 Å². The average molecular weight is 249 g/mol. The highest BCUT2D eigenvalue weighted by Gasteiger charge is 2.14. The highest BCUT2D eigenvalue weighted by atomic mass is 32.1. The molecule has 0 spiro atoms. The van der Waals surface area contributed by atoms with Crippen molar-refractivity contribution in [1.29, 1.82) is 0 Å². The van der Waals surface area contributed by atoms with Crippen LogP contribution in [0.3, 0.4) is 0 Å². The first-order valence-electron chi connectivity index (χ1n) is 4.78. The van der Waals surface area contributed by atoms with Crippen LogP contribution in [0.25, 0.3) is 16.6 Å². The van der Waals surface area contributed by atoms with Gasteiger partial charge in [-0.15, -0.1) is 11.3 Å². The zero-order valence-corrected chi connectivity index (χ0v) is 9.56. The van der Waals surface area contributed by atoms with Gasteiger partial charge in [0.15, 0.2) is 16.5 Å². The number of thiazole rings is 1. The fourth-order valence-corrected chi connectivity index (χ4v) is 2.24. The molecule has 0 fully saturated rings. The topological polar surface area (TPSA) is 80.6 Å².